The van der Waals surface area contributed by atoms with Crippen LogP contribution in [-0.4, -0.2) is 27.7 Å². The molecule has 0 spiro atoms. The molecule has 5 rings (SSSR count). The van der Waals surface area contributed by atoms with E-state index in [1.165, 1.54) is 5.57 Å². The highest BCUT2D eigenvalue weighted by Crippen LogP contribution is 2.38. The molecular formula is C18H14BrN3O2. The van der Waals surface area contributed by atoms with Gasteiger partial charge in [0.15, 0.2) is 0 Å². The summed E-state index contributed by atoms with van der Waals surface area (Å²) < 4.78 is 0.904. The van der Waals surface area contributed by atoms with E-state index in [4.69, 9.17) is 0 Å². The maximum Gasteiger partial charge on any atom is 0.316 e. The molecule has 1 aromatic heterocycles. The molecule has 2 aliphatic heterocycles. The van der Waals surface area contributed by atoms with Crippen molar-refractivity contribution < 1.29 is 9.59 Å². The number of aromatic nitrogens is 1. The van der Waals surface area contributed by atoms with Crippen LogP contribution >= 0.6 is 15.9 Å². The van der Waals surface area contributed by atoms with Crippen LogP contribution in [0.5, 0.6) is 0 Å². The van der Waals surface area contributed by atoms with Crippen LogP contribution in [0, 0.1) is 0 Å². The van der Waals surface area contributed by atoms with E-state index in [0.29, 0.717) is 5.69 Å². The van der Waals surface area contributed by atoms with Gasteiger partial charge < -0.3 is 10.2 Å². The van der Waals surface area contributed by atoms with E-state index in [0.717, 1.165) is 28.4 Å². The van der Waals surface area contributed by atoms with Crippen LogP contribution in [-0.2, 0) is 9.59 Å². The Morgan fingerprint density at radius 1 is 1.12 bits per heavy atom. The van der Waals surface area contributed by atoms with Crippen molar-refractivity contribution in [3.05, 3.63) is 59.0 Å². The van der Waals surface area contributed by atoms with Gasteiger partial charge in [0.2, 0.25) is 0 Å². The first-order valence-electron chi connectivity index (χ1n) is 7.64. The molecule has 2 aromatic rings. The number of carbonyl (C=O) groups is 2. The molecule has 0 unspecified atom stereocenters. The van der Waals surface area contributed by atoms with E-state index < -0.39 is 11.8 Å². The molecule has 24 heavy (non-hydrogen) atoms. The Balaban J connectivity index is 1.44. The molecule has 0 radical (unpaired) electrons. The molecule has 1 N–H and O–H groups in total. The number of anilines is 1. The Morgan fingerprint density at radius 3 is 2.50 bits per heavy atom. The number of halogens is 1. The lowest BCUT2D eigenvalue weighted by molar-refractivity contribution is -0.142. The van der Waals surface area contributed by atoms with Gasteiger partial charge in [0.05, 0.1) is 0 Å². The quantitative estimate of drug-likeness (QED) is 0.808. The fraction of sp³-hybridized carbons (Fsp3) is 0.167. The topological polar surface area (TPSA) is 62.3 Å². The average molecular weight is 384 g/mol. The first-order valence-corrected chi connectivity index (χ1v) is 8.43. The minimum atomic E-state index is -0.601. The zero-order chi connectivity index (χ0) is 16.7. The maximum atomic E-state index is 12.2. The second kappa shape index (κ2) is 5.87. The largest absolute Gasteiger partial charge is 0.318 e. The second-order valence-corrected chi connectivity index (χ2v) is 6.90. The van der Waals surface area contributed by atoms with Crippen LogP contribution in [0.1, 0.15) is 12.8 Å². The highest BCUT2D eigenvalue weighted by atomic mass is 79.9. The lowest BCUT2D eigenvalue weighted by atomic mass is 9.91. The first-order chi connectivity index (χ1) is 11.6. The van der Waals surface area contributed by atoms with Gasteiger partial charge in [0, 0.05) is 40.4 Å². The van der Waals surface area contributed by atoms with E-state index in [2.05, 4.69) is 26.2 Å². The molecule has 3 aliphatic rings. The van der Waals surface area contributed by atoms with Crippen molar-refractivity contribution in [1.29, 1.82) is 0 Å². The number of amides is 2. The van der Waals surface area contributed by atoms with Crippen LogP contribution < -0.4 is 5.32 Å². The van der Waals surface area contributed by atoms with Gasteiger partial charge in [-0.2, -0.15) is 0 Å². The van der Waals surface area contributed by atoms with E-state index in [-0.39, 0.29) is 6.04 Å². The maximum absolute atomic E-state index is 12.2. The number of benzene rings is 1. The first kappa shape index (κ1) is 15.1. The summed E-state index contributed by atoms with van der Waals surface area (Å²) in [7, 11) is 0. The summed E-state index contributed by atoms with van der Waals surface area (Å²) in [5.74, 6) is -1.09. The second-order valence-electron chi connectivity index (χ2n) is 5.99. The molecule has 2 amide bonds. The van der Waals surface area contributed by atoms with Gasteiger partial charge in [0.25, 0.3) is 0 Å². The van der Waals surface area contributed by atoms with Crippen LogP contribution in [0.15, 0.2) is 59.0 Å². The standard InChI is InChI=1S/C18H14BrN3O2/c19-14-7-13(8-20-9-14)12-1-3-15(4-2-12)21-17(23)18(24)22-10-11-5-16(22)6-11/h1-4,7-10,16H,5-6H2,(H,21,23). The van der Waals surface area contributed by atoms with Gasteiger partial charge >= 0.3 is 11.8 Å². The minimum absolute atomic E-state index is 0.185. The third-order valence-corrected chi connectivity index (χ3v) is 4.75. The summed E-state index contributed by atoms with van der Waals surface area (Å²) in [5.41, 5.74) is 3.80. The van der Waals surface area contributed by atoms with Gasteiger partial charge in [-0.15, -0.1) is 0 Å². The van der Waals surface area contributed by atoms with Crippen LogP contribution in [0.4, 0.5) is 5.69 Å². The number of hydrogen-bond acceptors (Lipinski definition) is 3. The third-order valence-electron chi connectivity index (χ3n) is 4.32. The molecule has 5 nitrogen and oxygen atoms in total. The zero-order valence-electron chi connectivity index (χ0n) is 12.7. The summed E-state index contributed by atoms with van der Waals surface area (Å²) in [4.78, 5) is 30.0. The van der Waals surface area contributed by atoms with Crippen LogP contribution in [0.3, 0.4) is 0 Å². The van der Waals surface area contributed by atoms with Gasteiger partial charge in [-0.25, -0.2) is 0 Å². The molecule has 1 fully saturated rings. The van der Waals surface area contributed by atoms with Gasteiger partial charge in [0.1, 0.15) is 0 Å². The number of carbonyl (C=O) groups excluding carboxylic acids is 2. The van der Waals surface area contributed by atoms with Gasteiger partial charge in [-0.1, -0.05) is 12.1 Å². The number of fused-ring (bicyclic) bond motifs is 1. The van der Waals surface area contributed by atoms with Gasteiger partial charge in [-0.3, -0.25) is 14.6 Å². The normalized spacial score (nSPS) is 15.7. The van der Waals surface area contributed by atoms with Crippen molar-refractivity contribution in [2.24, 2.45) is 0 Å². The Morgan fingerprint density at radius 2 is 1.88 bits per heavy atom. The summed E-state index contributed by atoms with van der Waals surface area (Å²) in [6.45, 7) is 0. The van der Waals surface area contributed by atoms with Crippen molar-refractivity contribution in [2.75, 3.05) is 5.32 Å². The highest BCUT2D eigenvalue weighted by molar-refractivity contribution is 9.10. The van der Waals surface area contributed by atoms with E-state index in [1.54, 1.807) is 35.6 Å². The van der Waals surface area contributed by atoms with E-state index >= 15 is 0 Å². The van der Waals surface area contributed by atoms with Gasteiger partial charge in [-0.05, 0) is 58.1 Å². The monoisotopic (exact) mass is 383 g/mol. The predicted molar refractivity (Wildman–Crippen MR) is 94.0 cm³/mol. The minimum Gasteiger partial charge on any atom is -0.318 e. The van der Waals surface area contributed by atoms with Crippen molar-refractivity contribution in [1.82, 2.24) is 9.88 Å². The molecule has 3 heterocycles. The number of rotatable bonds is 2. The summed E-state index contributed by atoms with van der Waals surface area (Å²) in [5, 5.41) is 2.66. The van der Waals surface area contributed by atoms with Crippen molar-refractivity contribution in [3.8, 4) is 11.1 Å². The molecule has 1 saturated carbocycles. The molecule has 1 aliphatic carbocycles. The highest BCUT2D eigenvalue weighted by Gasteiger charge is 2.40. The summed E-state index contributed by atoms with van der Waals surface area (Å²) in [6, 6.07) is 9.49. The number of hydrogen-bond donors (Lipinski definition) is 1. The fourth-order valence-corrected chi connectivity index (χ4v) is 3.36. The molecule has 0 saturated heterocycles. The smallest absolute Gasteiger partial charge is 0.316 e. The SMILES string of the molecule is O=C(Nc1ccc(-c2cncc(Br)c2)cc1)C(=O)N1C=C2CC1C2. The Hall–Kier alpha value is -2.47. The molecule has 120 valence electrons. The van der Waals surface area contributed by atoms with Crippen LogP contribution in [0.2, 0.25) is 0 Å². The van der Waals surface area contributed by atoms with Crippen molar-refractivity contribution in [3.63, 3.8) is 0 Å². The fourth-order valence-electron chi connectivity index (χ4n) is 2.99. The molecule has 1 aromatic carbocycles. The zero-order valence-corrected chi connectivity index (χ0v) is 14.3. The predicted octanol–water partition coefficient (Wildman–Crippen LogP) is 3.34. The number of nitrogens with one attached hydrogen (secondary N) is 1. The Kier molecular flexibility index (Phi) is 3.69. The Bertz CT molecular complexity index is 853. The molecule has 0 atom stereocenters. The molecular weight excluding hydrogens is 370 g/mol. The molecule has 6 heteroatoms. The van der Waals surface area contributed by atoms with E-state index in [1.807, 2.05) is 18.2 Å². The molecule has 2 bridgehead atoms. The van der Waals surface area contributed by atoms with Crippen LogP contribution in [0.25, 0.3) is 11.1 Å². The third kappa shape index (κ3) is 2.73. The number of pyridine rings is 1. The van der Waals surface area contributed by atoms with E-state index in [9.17, 15) is 9.59 Å². The van der Waals surface area contributed by atoms with Crippen molar-refractivity contribution in [2.45, 2.75) is 18.9 Å². The van der Waals surface area contributed by atoms with Crippen molar-refractivity contribution >= 4 is 33.4 Å². The lowest BCUT2D eigenvalue weighted by Crippen LogP contribution is -2.40. The number of nitrogens with zero attached hydrogens (tertiary/aromatic N) is 2. The Labute approximate surface area is 147 Å². The lowest BCUT2D eigenvalue weighted by Gasteiger charge is -2.25. The summed E-state index contributed by atoms with van der Waals surface area (Å²) in [6.07, 6.45) is 7.12. The average Bonchev–Trinajstić information content (AvgIpc) is 3.15. The summed E-state index contributed by atoms with van der Waals surface area (Å²) >= 11 is 3.40.